The standard InChI is InChI=1S/C21H22ClN3O/c22-17-6-7-20-19(14-17)21(26)25(15-23-20)18-9-12-24(13-10-18)11-8-16-4-2-1-3-5-16/h1-7,14-15,18H,8-13H2. The highest BCUT2D eigenvalue weighted by molar-refractivity contribution is 6.31. The Labute approximate surface area is 158 Å². The van der Waals surface area contributed by atoms with Crippen LogP contribution in [0, 0.1) is 0 Å². The lowest BCUT2D eigenvalue weighted by Gasteiger charge is -2.32. The summed E-state index contributed by atoms with van der Waals surface area (Å²) in [6.07, 6.45) is 4.72. The number of nitrogens with zero attached hydrogens (tertiary/aromatic N) is 3. The second-order valence-corrected chi connectivity index (χ2v) is 7.36. The van der Waals surface area contributed by atoms with Gasteiger partial charge in [-0.15, -0.1) is 0 Å². The van der Waals surface area contributed by atoms with E-state index in [1.54, 1.807) is 29.1 Å². The number of rotatable bonds is 4. The van der Waals surface area contributed by atoms with Crippen molar-refractivity contribution in [2.75, 3.05) is 19.6 Å². The molecule has 1 aliphatic rings. The molecule has 1 aliphatic heterocycles. The summed E-state index contributed by atoms with van der Waals surface area (Å²) in [5.41, 5.74) is 2.10. The molecule has 0 saturated carbocycles. The van der Waals surface area contributed by atoms with Gasteiger partial charge in [-0.25, -0.2) is 4.98 Å². The molecule has 0 unspecified atom stereocenters. The number of hydrogen-bond acceptors (Lipinski definition) is 3. The van der Waals surface area contributed by atoms with Crippen LogP contribution in [0.25, 0.3) is 10.9 Å². The molecule has 1 saturated heterocycles. The number of halogens is 1. The van der Waals surface area contributed by atoms with Crippen molar-refractivity contribution in [3.05, 3.63) is 75.8 Å². The first kappa shape index (κ1) is 17.3. The average molecular weight is 368 g/mol. The molecular formula is C21H22ClN3O. The Kier molecular flexibility index (Phi) is 5.05. The third kappa shape index (κ3) is 3.67. The van der Waals surface area contributed by atoms with Gasteiger partial charge in [0.25, 0.3) is 5.56 Å². The number of hydrogen-bond donors (Lipinski definition) is 0. The maximum atomic E-state index is 12.8. The molecule has 4 nitrogen and oxygen atoms in total. The van der Waals surface area contributed by atoms with Gasteiger partial charge in [0.15, 0.2) is 0 Å². The molecule has 0 radical (unpaired) electrons. The van der Waals surface area contributed by atoms with Crippen molar-refractivity contribution in [3.8, 4) is 0 Å². The fraction of sp³-hybridized carbons (Fsp3) is 0.333. The van der Waals surface area contributed by atoms with Crippen molar-refractivity contribution < 1.29 is 0 Å². The van der Waals surface area contributed by atoms with E-state index in [1.807, 2.05) is 0 Å². The summed E-state index contributed by atoms with van der Waals surface area (Å²) in [6, 6.07) is 16.1. The lowest BCUT2D eigenvalue weighted by atomic mass is 10.0. The predicted molar refractivity (Wildman–Crippen MR) is 106 cm³/mol. The first-order valence-electron chi connectivity index (χ1n) is 9.13. The van der Waals surface area contributed by atoms with Crippen molar-refractivity contribution in [1.29, 1.82) is 0 Å². The third-order valence-corrected chi connectivity index (χ3v) is 5.49. The van der Waals surface area contributed by atoms with Crippen molar-refractivity contribution in [1.82, 2.24) is 14.5 Å². The first-order valence-corrected chi connectivity index (χ1v) is 9.51. The minimum absolute atomic E-state index is 0.0141. The van der Waals surface area contributed by atoms with E-state index >= 15 is 0 Å². The molecule has 1 aromatic heterocycles. The molecule has 5 heteroatoms. The molecule has 1 fully saturated rings. The molecule has 26 heavy (non-hydrogen) atoms. The normalized spacial score (nSPS) is 16.2. The van der Waals surface area contributed by atoms with Crippen LogP contribution in [-0.4, -0.2) is 34.1 Å². The molecule has 4 rings (SSSR count). The summed E-state index contributed by atoms with van der Waals surface area (Å²) in [7, 11) is 0. The van der Waals surface area contributed by atoms with Crippen molar-refractivity contribution in [3.63, 3.8) is 0 Å². The van der Waals surface area contributed by atoms with Gasteiger partial charge in [-0.1, -0.05) is 41.9 Å². The van der Waals surface area contributed by atoms with E-state index < -0.39 is 0 Å². The van der Waals surface area contributed by atoms with Crippen molar-refractivity contribution in [2.45, 2.75) is 25.3 Å². The zero-order chi connectivity index (χ0) is 17.9. The molecule has 2 aromatic carbocycles. The van der Waals surface area contributed by atoms with Gasteiger partial charge in [-0.05, 0) is 43.0 Å². The zero-order valence-corrected chi connectivity index (χ0v) is 15.4. The number of fused-ring (bicyclic) bond motifs is 1. The Balaban J connectivity index is 1.42. The highest BCUT2D eigenvalue weighted by Crippen LogP contribution is 2.22. The van der Waals surface area contributed by atoms with E-state index in [2.05, 4.69) is 40.2 Å². The Hall–Kier alpha value is -2.17. The monoisotopic (exact) mass is 367 g/mol. The molecule has 3 aromatic rings. The topological polar surface area (TPSA) is 38.1 Å². The quantitative estimate of drug-likeness (QED) is 0.701. The molecule has 0 bridgehead atoms. The van der Waals surface area contributed by atoms with Crippen LogP contribution in [0.1, 0.15) is 24.4 Å². The minimum Gasteiger partial charge on any atom is -0.303 e. The lowest BCUT2D eigenvalue weighted by molar-refractivity contribution is 0.186. The van der Waals surface area contributed by atoms with Crippen LogP contribution in [0.2, 0.25) is 5.02 Å². The van der Waals surface area contributed by atoms with Crippen LogP contribution in [0.5, 0.6) is 0 Å². The largest absolute Gasteiger partial charge is 0.303 e. The van der Waals surface area contributed by atoms with Crippen LogP contribution in [-0.2, 0) is 6.42 Å². The van der Waals surface area contributed by atoms with E-state index in [9.17, 15) is 4.79 Å². The molecule has 0 atom stereocenters. The molecule has 0 aliphatic carbocycles. The molecule has 0 amide bonds. The van der Waals surface area contributed by atoms with Gasteiger partial charge in [-0.2, -0.15) is 0 Å². The van der Waals surface area contributed by atoms with Gasteiger partial charge >= 0.3 is 0 Å². The summed E-state index contributed by atoms with van der Waals surface area (Å²) in [6.45, 7) is 3.09. The minimum atomic E-state index is 0.0141. The smallest absolute Gasteiger partial charge is 0.261 e. The molecule has 0 N–H and O–H groups in total. The van der Waals surface area contributed by atoms with E-state index in [4.69, 9.17) is 11.6 Å². The predicted octanol–water partition coefficient (Wildman–Crippen LogP) is 3.93. The first-order chi connectivity index (χ1) is 12.7. The fourth-order valence-electron chi connectivity index (χ4n) is 3.72. The van der Waals surface area contributed by atoms with Gasteiger partial charge in [-0.3, -0.25) is 9.36 Å². The maximum Gasteiger partial charge on any atom is 0.261 e. The Bertz CT molecular complexity index is 946. The van der Waals surface area contributed by atoms with Crippen LogP contribution < -0.4 is 5.56 Å². The summed E-state index contributed by atoms with van der Waals surface area (Å²) >= 11 is 6.05. The molecule has 134 valence electrons. The van der Waals surface area contributed by atoms with Gasteiger partial charge in [0, 0.05) is 30.7 Å². The summed E-state index contributed by atoms with van der Waals surface area (Å²) in [5, 5.41) is 1.18. The van der Waals surface area contributed by atoms with Gasteiger partial charge in [0.05, 0.1) is 17.2 Å². The Morgan fingerprint density at radius 3 is 2.62 bits per heavy atom. The van der Waals surface area contributed by atoms with Crippen LogP contribution in [0.15, 0.2) is 59.7 Å². The average Bonchev–Trinajstić information content (AvgIpc) is 2.68. The van der Waals surface area contributed by atoms with Crippen LogP contribution in [0.4, 0.5) is 0 Å². The maximum absolute atomic E-state index is 12.8. The summed E-state index contributed by atoms with van der Waals surface area (Å²) in [5.74, 6) is 0. The number of benzene rings is 2. The second-order valence-electron chi connectivity index (χ2n) is 6.93. The highest BCUT2D eigenvalue weighted by Gasteiger charge is 2.21. The Morgan fingerprint density at radius 2 is 1.85 bits per heavy atom. The van der Waals surface area contributed by atoms with Crippen molar-refractivity contribution >= 4 is 22.5 Å². The molecule has 2 heterocycles. The van der Waals surface area contributed by atoms with Gasteiger partial charge < -0.3 is 4.90 Å². The number of aromatic nitrogens is 2. The Morgan fingerprint density at radius 1 is 1.08 bits per heavy atom. The van der Waals surface area contributed by atoms with Crippen LogP contribution >= 0.6 is 11.6 Å². The van der Waals surface area contributed by atoms with E-state index in [0.29, 0.717) is 15.9 Å². The summed E-state index contributed by atoms with van der Waals surface area (Å²) < 4.78 is 1.80. The molecule has 0 spiro atoms. The highest BCUT2D eigenvalue weighted by atomic mass is 35.5. The van der Waals surface area contributed by atoms with E-state index in [1.165, 1.54) is 5.56 Å². The fourth-order valence-corrected chi connectivity index (χ4v) is 3.89. The van der Waals surface area contributed by atoms with E-state index in [0.717, 1.165) is 38.9 Å². The summed E-state index contributed by atoms with van der Waals surface area (Å²) in [4.78, 5) is 19.8. The number of likely N-dealkylation sites (tertiary alicyclic amines) is 1. The van der Waals surface area contributed by atoms with E-state index in [-0.39, 0.29) is 11.6 Å². The van der Waals surface area contributed by atoms with Gasteiger partial charge in [0.2, 0.25) is 0 Å². The third-order valence-electron chi connectivity index (χ3n) is 5.25. The van der Waals surface area contributed by atoms with Gasteiger partial charge in [0.1, 0.15) is 0 Å². The number of piperidine rings is 1. The molecular weight excluding hydrogens is 346 g/mol. The van der Waals surface area contributed by atoms with Crippen molar-refractivity contribution in [2.24, 2.45) is 0 Å². The van der Waals surface area contributed by atoms with Crippen LogP contribution in [0.3, 0.4) is 0 Å². The lowest BCUT2D eigenvalue weighted by Crippen LogP contribution is -2.38. The second kappa shape index (κ2) is 7.60. The SMILES string of the molecule is O=c1c2cc(Cl)ccc2ncn1C1CCN(CCc2ccccc2)CC1. The zero-order valence-electron chi connectivity index (χ0n) is 14.6.